The molecule has 3 aromatic rings. The van der Waals surface area contributed by atoms with Gasteiger partial charge in [0.25, 0.3) is 5.89 Å². The molecule has 5 rings (SSSR count). The van der Waals surface area contributed by atoms with E-state index in [2.05, 4.69) is 20.1 Å². The van der Waals surface area contributed by atoms with Crippen LogP contribution in [0, 0.1) is 0 Å². The van der Waals surface area contributed by atoms with Crippen LogP contribution in [0.2, 0.25) is 5.02 Å². The van der Waals surface area contributed by atoms with Gasteiger partial charge in [0.15, 0.2) is 0 Å². The highest BCUT2D eigenvalue weighted by Gasteiger charge is 2.29. The molecule has 10 heteroatoms. The predicted molar refractivity (Wildman–Crippen MR) is 127 cm³/mol. The summed E-state index contributed by atoms with van der Waals surface area (Å²) in [4.78, 5) is 33.7. The molecule has 0 saturated carbocycles. The Morgan fingerprint density at radius 1 is 0.971 bits per heavy atom. The van der Waals surface area contributed by atoms with Gasteiger partial charge in [0.1, 0.15) is 12.3 Å². The van der Waals surface area contributed by atoms with E-state index in [1.54, 1.807) is 4.90 Å². The van der Waals surface area contributed by atoms with Gasteiger partial charge in [0.05, 0.1) is 10.7 Å². The molecule has 0 N–H and O–H groups in total. The number of anilines is 1. The molecule has 1 saturated heterocycles. The van der Waals surface area contributed by atoms with Crippen molar-refractivity contribution in [1.29, 1.82) is 0 Å². The third-order valence-corrected chi connectivity index (χ3v) is 6.24. The second kappa shape index (κ2) is 9.64. The molecule has 2 amide bonds. The summed E-state index contributed by atoms with van der Waals surface area (Å²) >= 11 is 6.30. The molecular weight excluding hydrogens is 456 g/mol. The number of para-hydroxylation sites is 1. The number of hydrogen-bond donors (Lipinski definition) is 0. The summed E-state index contributed by atoms with van der Waals surface area (Å²) in [6.07, 6.45) is 0.617. The van der Waals surface area contributed by atoms with Crippen LogP contribution in [0.5, 0.6) is 0 Å². The van der Waals surface area contributed by atoms with Crippen LogP contribution < -0.4 is 4.90 Å². The lowest BCUT2D eigenvalue weighted by molar-refractivity contribution is -0.141. The summed E-state index contributed by atoms with van der Waals surface area (Å²) in [5.41, 5.74) is 2.30. The molecule has 0 unspecified atom stereocenters. The molecule has 0 bridgehead atoms. The fraction of sp³-hybridized carbons (Fsp3) is 0.292. The zero-order valence-electron chi connectivity index (χ0n) is 18.4. The van der Waals surface area contributed by atoms with Gasteiger partial charge < -0.3 is 14.3 Å². The summed E-state index contributed by atoms with van der Waals surface area (Å²) in [5.74, 6) is 0.369. The molecule has 2 aliphatic rings. The summed E-state index contributed by atoms with van der Waals surface area (Å²) in [6, 6.07) is 17.1. The molecule has 1 aromatic heterocycles. The Morgan fingerprint density at radius 3 is 2.47 bits per heavy atom. The van der Waals surface area contributed by atoms with Gasteiger partial charge in [-0.25, -0.2) is 5.01 Å². The zero-order chi connectivity index (χ0) is 23.5. The minimum atomic E-state index is -0.199. The summed E-state index contributed by atoms with van der Waals surface area (Å²) in [6.45, 7) is 2.32. The fourth-order valence-electron chi connectivity index (χ4n) is 4.06. The average Bonchev–Trinajstić information content (AvgIpc) is 3.37. The monoisotopic (exact) mass is 478 g/mol. The molecule has 2 aliphatic heterocycles. The lowest BCUT2D eigenvalue weighted by Gasteiger charge is -2.37. The normalized spacial score (nSPS) is 16.6. The lowest BCUT2D eigenvalue weighted by Crippen LogP contribution is -2.51. The van der Waals surface area contributed by atoms with Crippen molar-refractivity contribution in [3.63, 3.8) is 0 Å². The molecule has 0 spiro atoms. The van der Waals surface area contributed by atoms with Crippen LogP contribution in [-0.4, -0.2) is 70.3 Å². The maximum absolute atomic E-state index is 12.9. The molecule has 0 atom stereocenters. The van der Waals surface area contributed by atoms with E-state index in [0.29, 0.717) is 49.2 Å². The van der Waals surface area contributed by atoms with Crippen molar-refractivity contribution in [2.24, 2.45) is 5.10 Å². The first kappa shape index (κ1) is 22.1. The smallest absolute Gasteiger partial charge is 0.274 e. The number of hydrazone groups is 1. The van der Waals surface area contributed by atoms with Crippen LogP contribution in [0.1, 0.15) is 18.7 Å². The fourth-order valence-corrected chi connectivity index (χ4v) is 4.31. The number of carbonyl (C=O) groups excluding carboxylic acids is 2. The van der Waals surface area contributed by atoms with Gasteiger partial charge in [-0.15, -0.1) is 0 Å². The van der Waals surface area contributed by atoms with Crippen LogP contribution in [0.4, 0.5) is 5.69 Å². The van der Waals surface area contributed by atoms with Crippen LogP contribution in [-0.2, 0) is 9.59 Å². The highest BCUT2D eigenvalue weighted by Crippen LogP contribution is 2.26. The van der Waals surface area contributed by atoms with Crippen molar-refractivity contribution in [3.05, 3.63) is 65.5 Å². The molecule has 0 radical (unpaired) electrons. The third-order valence-electron chi connectivity index (χ3n) is 5.92. The van der Waals surface area contributed by atoms with Gasteiger partial charge in [0.2, 0.25) is 17.6 Å². The predicted octanol–water partition coefficient (Wildman–Crippen LogP) is 3.07. The van der Waals surface area contributed by atoms with Gasteiger partial charge in [0, 0.05) is 44.6 Å². The van der Waals surface area contributed by atoms with Gasteiger partial charge >= 0.3 is 0 Å². The molecule has 1 fully saturated rings. The Hall–Kier alpha value is -3.72. The molecule has 0 aliphatic carbocycles. The van der Waals surface area contributed by atoms with E-state index in [0.717, 1.165) is 11.3 Å². The first-order valence-corrected chi connectivity index (χ1v) is 11.5. The van der Waals surface area contributed by atoms with E-state index in [1.807, 2.05) is 54.6 Å². The summed E-state index contributed by atoms with van der Waals surface area (Å²) < 4.78 is 5.39. The van der Waals surface area contributed by atoms with E-state index in [-0.39, 0.29) is 30.7 Å². The Balaban J connectivity index is 1.23. The summed E-state index contributed by atoms with van der Waals surface area (Å²) in [5, 5.41) is 10.3. The quantitative estimate of drug-likeness (QED) is 0.559. The van der Waals surface area contributed by atoms with E-state index in [4.69, 9.17) is 16.1 Å². The number of amides is 2. The Kier molecular flexibility index (Phi) is 6.27. The number of halogens is 1. The Bertz CT molecular complexity index is 1220. The van der Waals surface area contributed by atoms with Gasteiger partial charge in [-0.05, 0) is 12.1 Å². The minimum Gasteiger partial charge on any atom is -0.367 e. The van der Waals surface area contributed by atoms with Crippen molar-refractivity contribution in [3.8, 4) is 11.4 Å². The van der Waals surface area contributed by atoms with Crippen molar-refractivity contribution in [2.45, 2.75) is 12.8 Å². The average molecular weight is 479 g/mol. The number of rotatable bonds is 5. The largest absolute Gasteiger partial charge is 0.367 e. The molecular formula is C24H23ClN6O3. The van der Waals surface area contributed by atoms with Gasteiger partial charge in [-0.1, -0.05) is 59.2 Å². The molecule has 9 nitrogen and oxygen atoms in total. The highest BCUT2D eigenvalue weighted by molar-refractivity contribution is 6.33. The Morgan fingerprint density at radius 2 is 1.71 bits per heavy atom. The second-order valence-corrected chi connectivity index (χ2v) is 8.51. The number of piperazine rings is 1. The van der Waals surface area contributed by atoms with E-state index >= 15 is 0 Å². The molecule has 2 aromatic carbocycles. The van der Waals surface area contributed by atoms with Crippen LogP contribution in [0.3, 0.4) is 0 Å². The van der Waals surface area contributed by atoms with Crippen molar-refractivity contribution in [1.82, 2.24) is 20.0 Å². The summed E-state index contributed by atoms with van der Waals surface area (Å²) in [7, 11) is 0. The third kappa shape index (κ3) is 4.65. The van der Waals surface area contributed by atoms with Gasteiger partial charge in [-0.3, -0.25) is 9.59 Å². The minimum absolute atomic E-state index is 0.117. The van der Waals surface area contributed by atoms with Crippen molar-refractivity contribution < 1.29 is 14.1 Å². The van der Waals surface area contributed by atoms with Gasteiger partial charge in [-0.2, -0.15) is 10.1 Å². The maximum atomic E-state index is 12.9. The Labute approximate surface area is 201 Å². The first-order chi connectivity index (χ1) is 16.6. The first-order valence-electron chi connectivity index (χ1n) is 11.1. The topological polar surface area (TPSA) is 95.1 Å². The number of aromatic nitrogens is 2. The zero-order valence-corrected chi connectivity index (χ0v) is 19.2. The maximum Gasteiger partial charge on any atom is 0.274 e. The van der Waals surface area contributed by atoms with Crippen molar-refractivity contribution >= 4 is 34.8 Å². The van der Waals surface area contributed by atoms with Crippen LogP contribution in [0.25, 0.3) is 11.4 Å². The van der Waals surface area contributed by atoms with E-state index in [1.165, 1.54) is 5.01 Å². The second-order valence-electron chi connectivity index (χ2n) is 8.11. The van der Waals surface area contributed by atoms with E-state index < -0.39 is 0 Å². The van der Waals surface area contributed by atoms with Crippen LogP contribution >= 0.6 is 11.6 Å². The lowest BCUT2D eigenvalue weighted by atomic mass is 10.1. The SMILES string of the molecule is O=C(CN1N=C(c2nc(-c3ccccc3)no2)CCC1=O)N1CCN(c2ccccc2Cl)CC1. The number of nitrogens with zero attached hydrogens (tertiary/aromatic N) is 6. The molecule has 3 heterocycles. The number of hydrogen-bond acceptors (Lipinski definition) is 7. The van der Waals surface area contributed by atoms with E-state index in [9.17, 15) is 9.59 Å². The molecule has 34 heavy (non-hydrogen) atoms. The number of benzene rings is 2. The highest BCUT2D eigenvalue weighted by atomic mass is 35.5. The number of carbonyl (C=O) groups is 2. The van der Waals surface area contributed by atoms with Crippen molar-refractivity contribution in [2.75, 3.05) is 37.6 Å². The van der Waals surface area contributed by atoms with Crippen LogP contribution in [0.15, 0.2) is 64.2 Å². The standard InChI is InChI=1S/C24H23ClN6O3/c25-18-8-4-5-9-20(18)29-12-14-30(15-13-29)22(33)16-31-21(32)11-10-19(27-31)24-26-23(28-34-24)17-6-2-1-3-7-17/h1-9H,10-16H2. The molecule has 174 valence electrons.